The summed E-state index contributed by atoms with van der Waals surface area (Å²) in [6, 6.07) is 19.4. The van der Waals surface area contributed by atoms with Crippen LogP contribution in [-0.2, 0) is 29.2 Å². The maximum atomic E-state index is 13.7. The lowest BCUT2D eigenvalue weighted by Crippen LogP contribution is -2.30. The fourth-order valence-electron chi connectivity index (χ4n) is 4.71. The minimum atomic E-state index is -4.67. The topological polar surface area (TPSA) is 103 Å². The lowest BCUT2D eigenvalue weighted by molar-refractivity contribution is -0.137. The van der Waals surface area contributed by atoms with Crippen molar-refractivity contribution in [3.63, 3.8) is 0 Å². The standard InChI is InChI=1S/C31H27F3N4O4S2/c1-2-3-12-28-35-38(26-10-6-5-9-25(26)31(32,33)34)30(40)37(28)19-21-13-15-22(16-14-21)24-8-4-7-11-27(24)44(41,42)36-29(39)23-17-18-43-20-23/h4-11,13-18,20H,2-3,12,19H2,1H3,(H,36,39). The van der Waals surface area contributed by atoms with Crippen molar-refractivity contribution in [2.45, 2.75) is 43.8 Å². The average Bonchev–Trinajstić information content (AvgIpc) is 3.65. The summed E-state index contributed by atoms with van der Waals surface area (Å²) >= 11 is 1.27. The van der Waals surface area contributed by atoms with Gasteiger partial charge in [-0.25, -0.2) is 17.9 Å². The van der Waals surface area contributed by atoms with E-state index >= 15 is 0 Å². The van der Waals surface area contributed by atoms with Crippen molar-refractivity contribution in [3.05, 3.63) is 123 Å². The number of hydrogen-bond donors (Lipinski definition) is 1. The van der Waals surface area contributed by atoms with E-state index in [1.807, 2.05) is 6.92 Å². The molecular weight excluding hydrogens is 613 g/mol. The number of aryl methyl sites for hydroxylation is 1. The molecule has 5 aromatic rings. The quantitative estimate of drug-likeness (QED) is 0.193. The largest absolute Gasteiger partial charge is 0.418 e. The van der Waals surface area contributed by atoms with Gasteiger partial charge in [0, 0.05) is 17.4 Å². The van der Waals surface area contributed by atoms with E-state index < -0.39 is 33.4 Å². The Morgan fingerprint density at radius 1 is 0.977 bits per heavy atom. The van der Waals surface area contributed by atoms with Crippen molar-refractivity contribution in [3.8, 4) is 16.8 Å². The highest BCUT2D eigenvalue weighted by Crippen LogP contribution is 2.33. The van der Waals surface area contributed by atoms with E-state index in [2.05, 4.69) is 9.82 Å². The van der Waals surface area contributed by atoms with Crippen molar-refractivity contribution in [1.82, 2.24) is 19.1 Å². The van der Waals surface area contributed by atoms with Crippen LogP contribution < -0.4 is 10.4 Å². The summed E-state index contributed by atoms with van der Waals surface area (Å²) in [7, 11) is -4.21. The van der Waals surface area contributed by atoms with Gasteiger partial charge in [0.15, 0.2) is 0 Å². The fourth-order valence-corrected chi connectivity index (χ4v) is 6.55. The SMILES string of the molecule is CCCCc1nn(-c2ccccc2C(F)(F)F)c(=O)n1Cc1ccc(-c2ccccc2S(=O)(=O)NC(=O)c2ccsc2)cc1. The molecule has 0 fully saturated rings. The lowest BCUT2D eigenvalue weighted by Gasteiger charge is -2.12. The van der Waals surface area contributed by atoms with Crippen molar-refractivity contribution < 1.29 is 26.4 Å². The summed E-state index contributed by atoms with van der Waals surface area (Å²) in [4.78, 5) is 25.8. The molecule has 1 N–H and O–H groups in total. The predicted octanol–water partition coefficient (Wildman–Crippen LogP) is 6.29. The van der Waals surface area contributed by atoms with E-state index in [4.69, 9.17) is 0 Å². The smallest absolute Gasteiger partial charge is 0.274 e. The van der Waals surface area contributed by atoms with E-state index in [0.717, 1.165) is 17.2 Å². The second-order valence-electron chi connectivity index (χ2n) is 9.95. The number of hydrogen-bond acceptors (Lipinski definition) is 6. The molecule has 228 valence electrons. The van der Waals surface area contributed by atoms with Crippen LogP contribution in [0.25, 0.3) is 16.8 Å². The third-order valence-corrected chi connectivity index (χ3v) is 9.00. The molecule has 0 saturated carbocycles. The number of carbonyl (C=O) groups is 1. The van der Waals surface area contributed by atoms with Crippen LogP contribution in [-0.4, -0.2) is 28.7 Å². The van der Waals surface area contributed by atoms with Gasteiger partial charge in [0.05, 0.1) is 28.3 Å². The van der Waals surface area contributed by atoms with Crippen LogP contribution in [0.5, 0.6) is 0 Å². The van der Waals surface area contributed by atoms with Gasteiger partial charge in [-0.1, -0.05) is 67.9 Å². The maximum Gasteiger partial charge on any atom is 0.418 e. The predicted molar refractivity (Wildman–Crippen MR) is 161 cm³/mol. The third-order valence-electron chi connectivity index (χ3n) is 6.92. The van der Waals surface area contributed by atoms with Crippen LogP contribution in [0, 0.1) is 0 Å². The lowest BCUT2D eigenvalue weighted by atomic mass is 10.0. The van der Waals surface area contributed by atoms with Gasteiger partial charge in [-0.15, -0.1) is 5.10 Å². The Kier molecular flexibility index (Phi) is 8.88. The van der Waals surface area contributed by atoms with E-state index in [9.17, 15) is 31.2 Å². The molecule has 0 aliphatic carbocycles. The molecule has 5 rings (SSSR count). The number of rotatable bonds is 10. The zero-order chi connectivity index (χ0) is 31.5. The maximum absolute atomic E-state index is 13.7. The third kappa shape index (κ3) is 6.53. The summed E-state index contributed by atoms with van der Waals surface area (Å²) in [5.74, 6) is -0.380. The Labute approximate surface area is 255 Å². The molecule has 3 aromatic carbocycles. The molecule has 44 heavy (non-hydrogen) atoms. The molecule has 2 heterocycles. The number of nitrogens with one attached hydrogen (secondary N) is 1. The zero-order valence-electron chi connectivity index (χ0n) is 23.4. The van der Waals surface area contributed by atoms with Crippen LogP contribution in [0.3, 0.4) is 0 Å². The van der Waals surface area contributed by atoms with Crippen molar-refractivity contribution in [1.29, 1.82) is 0 Å². The average molecular weight is 641 g/mol. The molecule has 1 amide bonds. The Morgan fingerprint density at radius 2 is 1.68 bits per heavy atom. The number of halogens is 3. The molecule has 0 bridgehead atoms. The van der Waals surface area contributed by atoms with Crippen LogP contribution in [0.4, 0.5) is 13.2 Å². The first-order valence-electron chi connectivity index (χ1n) is 13.6. The first-order valence-corrected chi connectivity index (χ1v) is 16.0. The summed E-state index contributed by atoms with van der Waals surface area (Å²) in [5, 5.41) is 7.52. The van der Waals surface area contributed by atoms with Crippen LogP contribution in [0.1, 0.15) is 47.1 Å². The summed E-state index contributed by atoms with van der Waals surface area (Å²) in [6.45, 7) is 2.01. The number of para-hydroxylation sites is 1. The minimum Gasteiger partial charge on any atom is -0.274 e. The first-order chi connectivity index (χ1) is 21.0. The van der Waals surface area contributed by atoms with Gasteiger partial charge in [0.25, 0.3) is 15.9 Å². The number of amides is 1. The van der Waals surface area contributed by atoms with Gasteiger partial charge >= 0.3 is 11.9 Å². The Hall–Kier alpha value is -4.49. The molecule has 0 saturated heterocycles. The van der Waals surface area contributed by atoms with E-state index in [0.29, 0.717) is 35.4 Å². The minimum absolute atomic E-state index is 0.0446. The van der Waals surface area contributed by atoms with Gasteiger partial charge in [-0.3, -0.25) is 9.36 Å². The van der Waals surface area contributed by atoms with Gasteiger partial charge < -0.3 is 0 Å². The number of carbonyl (C=O) groups excluding carboxylic acids is 1. The highest BCUT2D eigenvalue weighted by molar-refractivity contribution is 7.90. The molecule has 13 heteroatoms. The van der Waals surface area contributed by atoms with Crippen LogP contribution in [0.15, 0.2) is 99.3 Å². The second-order valence-corrected chi connectivity index (χ2v) is 12.4. The highest BCUT2D eigenvalue weighted by atomic mass is 32.2. The molecule has 0 unspecified atom stereocenters. The monoisotopic (exact) mass is 640 g/mol. The van der Waals surface area contributed by atoms with Gasteiger partial charge in [0.1, 0.15) is 5.82 Å². The molecule has 0 atom stereocenters. The summed E-state index contributed by atoms with van der Waals surface area (Å²) < 4.78 is 71.7. The van der Waals surface area contributed by atoms with E-state index in [-0.39, 0.29) is 22.7 Å². The second kappa shape index (κ2) is 12.6. The Bertz CT molecular complexity index is 1950. The van der Waals surface area contributed by atoms with Gasteiger partial charge in [-0.05, 0) is 47.2 Å². The van der Waals surface area contributed by atoms with Crippen molar-refractivity contribution >= 4 is 27.3 Å². The van der Waals surface area contributed by atoms with Gasteiger partial charge in [0.2, 0.25) is 0 Å². The van der Waals surface area contributed by atoms with E-state index in [1.54, 1.807) is 53.2 Å². The molecule has 2 aromatic heterocycles. The first kappa shape index (κ1) is 31.0. The number of unbranched alkanes of at least 4 members (excludes halogenated alkanes) is 1. The van der Waals surface area contributed by atoms with Crippen molar-refractivity contribution in [2.24, 2.45) is 0 Å². The summed E-state index contributed by atoms with van der Waals surface area (Å²) in [6.07, 6.45) is -2.79. The number of nitrogens with zero attached hydrogens (tertiary/aromatic N) is 3. The molecule has 8 nitrogen and oxygen atoms in total. The van der Waals surface area contributed by atoms with Crippen LogP contribution >= 0.6 is 11.3 Å². The molecular formula is C31H27F3N4O4S2. The number of thiophene rings is 1. The Morgan fingerprint density at radius 3 is 2.36 bits per heavy atom. The molecule has 0 radical (unpaired) electrons. The fraction of sp³-hybridized carbons (Fsp3) is 0.194. The van der Waals surface area contributed by atoms with Crippen molar-refractivity contribution in [2.75, 3.05) is 0 Å². The highest BCUT2D eigenvalue weighted by Gasteiger charge is 2.35. The number of sulfonamides is 1. The van der Waals surface area contributed by atoms with E-state index in [1.165, 1.54) is 46.2 Å². The molecule has 0 aliphatic rings. The zero-order valence-corrected chi connectivity index (χ0v) is 25.0. The van der Waals surface area contributed by atoms with Crippen LogP contribution in [0.2, 0.25) is 0 Å². The number of benzene rings is 3. The molecule has 0 aliphatic heterocycles. The number of aromatic nitrogens is 3. The normalized spacial score (nSPS) is 11.9. The Balaban J connectivity index is 1.46. The summed E-state index contributed by atoms with van der Waals surface area (Å²) in [5.41, 5.74) is -0.204. The van der Waals surface area contributed by atoms with Gasteiger partial charge in [-0.2, -0.15) is 29.2 Å². The number of alkyl halides is 3. The molecule has 0 spiro atoms.